The number of hydrogen-bond donors (Lipinski definition) is 2. The minimum absolute atomic E-state index is 0.428. The maximum atomic E-state index is 10.7. The van der Waals surface area contributed by atoms with Crippen LogP contribution in [-0.4, -0.2) is 48.6 Å². The third kappa shape index (κ3) is 18.8. The van der Waals surface area contributed by atoms with Gasteiger partial charge in [-0.15, -0.1) is 0 Å². The number of hydrogen-bond acceptors (Lipinski definition) is 4. The van der Waals surface area contributed by atoms with Crippen molar-refractivity contribution in [3.63, 3.8) is 0 Å². The highest BCUT2D eigenvalue weighted by atomic mass is 32.2. The van der Waals surface area contributed by atoms with E-state index in [2.05, 4.69) is 18.7 Å². The van der Waals surface area contributed by atoms with Crippen LogP contribution in [0.3, 0.4) is 0 Å². The van der Waals surface area contributed by atoms with E-state index in [0.717, 1.165) is 0 Å². The minimum Gasteiger partial charge on any atom is -0.326 e. The molecule has 1 aliphatic rings. The van der Waals surface area contributed by atoms with Gasteiger partial charge in [-0.3, -0.25) is 9.45 Å². The Balaban J connectivity index is 0.00000131. The zero-order valence-corrected chi connectivity index (χ0v) is 23.9. The zero-order chi connectivity index (χ0) is 27.3. The molecule has 0 aliphatic heterocycles. The van der Waals surface area contributed by atoms with Crippen LogP contribution in [0.2, 0.25) is 0 Å². The molecule has 0 aromatic heterocycles. The standard InChI is InChI=1S/C26H54N2.CHF3O3S/c1-3-5-7-9-11-13-15-19-23-28(26-22-18-17-21-25(26)27)24-20-16-14-12-10-8-6-4-2;2-1(3,4)8(5,6)7/h25-26H,3-24,27H2,1-2H3;(H,5,6,7)/t25-,26-;/m1./s1. The lowest BCUT2D eigenvalue weighted by atomic mass is 9.89. The van der Waals surface area contributed by atoms with Crippen molar-refractivity contribution in [1.82, 2.24) is 4.90 Å². The predicted molar refractivity (Wildman–Crippen MR) is 145 cm³/mol. The van der Waals surface area contributed by atoms with E-state index < -0.39 is 15.6 Å². The fourth-order valence-corrected chi connectivity index (χ4v) is 4.93. The Kier molecular flexibility index (Phi) is 21.3. The minimum atomic E-state index is -5.84. The topological polar surface area (TPSA) is 83.6 Å². The van der Waals surface area contributed by atoms with Crippen LogP contribution in [0.1, 0.15) is 142 Å². The summed E-state index contributed by atoms with van der Waals surface area (Å²) in [4.78, 5) is 2.80. The van der Waals surface area contributed by atoms with Crippen LogP contribution in [0.25, 0.3) is 0 Å². The van der Waals surface area contributed by atoms with E-state index >= 15 is 0 Å². The SMILES string of the molecule is CCCCCCCCCCN(CCCCCCCCCC)[C@@H]1CCCC[C@H]1N.O=S(=O)(O)C(F)(F)F. The Hall–Kier alpha value is -0.380. The van der Waals surface area contributed by atoms with Crippen molar-refractivity contribution >= 4 is 10.1 Å². The Morgan fingerprint density at radius 3 is 1.39 bits per heavy atom. The molecule has 0 amide bonds. The van der Waals surface area contributed by atoms with Gasteiger partial charge in [0, 0.05) is 12.1 Å². The fraction of sp³-hybridized carbons (Fsp3) is 1.00. The summed E-state index contributed by atoms with van der Waals surface area (Å²) in [5, 5.41) is 0. The van der Waals surface area contributed by atoms with Crippen LogP contribution in [0.4, 0.5) is 13.2 Å². The van der Waals surface area contributed by atoms with Gasteiger partial charge in [0.05, 0.1) is 0 Å². The second kappa shape index (κ2) is 21.5. The van der Waals surface area contributed by atoms with Gasteiger partial charge < -0.3 is 5.73 Å². The van der Waals surface area contributed by atoms with Gasteiger partial charge in [-0.1, -0.05) is 117 Å². The highest BCUT2D eigenvalue weighted by molar-refractivity contribution is 7.86. The molecule has 0 heterocycles. The van der Waals surface area contributed by atoms with E-state index in [9.17, 15) is 13.2 Å². The summed E-state index contributed by atoms with van der Waals surface area (Å²) in [5.41, 5.74) is 1.00. The molecule has 2 atom stereocenters. The van der Waals surface area contributed by atoms with Crippen molar-refractivity contribution in [3.8, 4) is 0 Å². The van der Waals surface area contributed by atoms with Crippen molar-refractivity contribution in [2.45, 2.75) is 160 Å². The highest BCUT2D eigenvalue weighted by Gasteiger charge is 2.44. The Labute approximate surface area is 219 Å². The van der Waals surface area contributed by atoms with E-state index in [1.54, 1.807) is 0 Å². The molecule has 0 aromatic rings. The lowest BCUT2D eigenvalue weighted by Crippen LogP contribution is -2.50. The molecule has 0 unspecified atom stereocenters. The van der Waals surface area contributed by atoms with Crippen LogP contribution < -0.4 is 5.73 Å². The Bertz CT molecular complexity index is 584. The maximum absolute atomic E-state index is 10.7. The van der Waals surface area contributed by atoms with Gasteiger partial charge in [0.2, 0.25) is 0 Å². The Morgan fingerprint density at radius 1 is 0.722 bits per heavy atom. The van der Waals surface area contributed by atoms with Crippen LogP contribution in [-0.2, 0) is 10.1 Å². The van der Waals surface area contributed by atoms with Gasteiger partial charge in [-0.2, -0.15) is 21.6 Å². The average molecular weight is 545 g/mol. The molecule has 1 aliphatic carbocycles. The number of rotatable bonds is 19. The second-order valence-corrected chi connectivity index (χ2v) is 11.8. The third-order valence-electron chi connectivity index (χ3n) is 7.14. The molecule has 0 spiro atoms. The molecule has 1 fully saturated rings. The molecule has 218 valence electrons. The second-order valence-electron chi connectivity index (χ2n) is 10.4. The zero-order valence-electron chi connectivity index (χ0n) is 23.0. The predicted octanol–water partition coefficient (Wildman–Crippen LogP) is 8.23. The lowest BCUT2D eigenvalue weighted by molar-refractivity contribution is -0.0510. The lowest BCUT2D eigenvalue weighted by Gasteiger charge is -2.38. The maximum Gasteiger partial charge on any atom is 0.522 e. The Morgan fingerprint density at radius 2 is 1.06 bits per heavy atom. The molecule has 5 nitrogen and oxygen atoms in total. The van der Waals surface area contributed by atoms with Gasteiger partial charge in [0.25, 0.3) is 0 Å². The molecule has 1 rings (SSSR count). The van der Waals surface area contributed by atoms with Crippen LogP contribution in [0.5, 0.6) is 0 Å². The van der Waals surface area contributed by atoms with Crippen molar-refractivity contribution in [3.05, 3.63) is 0 Å². The largest absolute Gasteiger partial charge is 0.522 e. The smallest absolute Gasteiger partial charge is 0.326 e. The molecule has 0 saturated heterocycles. The molecular weight excluding hydrogens is 489 g/mol. The summed E-state index contributed by atoms with van der Waals surface area (Å²) in [6.07, 6.45) is 28.0. The molecule has 9 heteroatoms. The quantitative estimate of drug-likeness (QED) is 0.0972. The first kappa shape index (κ1) is 35.6. The summed E-state index contributed by atoms with van der Waals surface area (Å²) >= 11 is 0. The number of unbranched alkanes of at least 4 members (excludes halogenated alkanes) is 14. The van der Waals surface area contributed by atoms with Crippen molar-refractivity contribution in [2.75, 3.05) is 13.1 Å². The van der Waals surface area contributed by atoms with Crippen LogP contribution in [0.15, 0.2) is 0 Å². The van der Waals surface area contributed by atoms with Crippen molar-refractivity contribution < 1.29 is 26.1 Å². The first-order valence-electron chi connectivity index (χ1n) is 14.6. The van der Waals surface area contributed by atoms with Crippen molar-refractivity contribution in [1.29, 1.82) is 0 Å². The van der Waals surface area contributed by atoms with Crippen molar-refractivity contribution in [2.24, 2.45) is 5.73 Å². The number of halogens is 3. The average Bonchev–Trinajstić information content (AvgIpc) is 2.81. The molecule has 1 saturated carbocycles. The number of nitrogens with two attached hydrogens (primary N) is 1. The summed E-state index contributed by atoms with van der Waals surface area (Å²) in [5.74, 6) is 0. The van der Waals surface area contributed by atoms with E-state index in [1.165, 1.54) is 142 Å². The summed E-state index contributed by atoms with van der Waals surface area (Å²) in [6.45, 7) is 7.20. The highest BCUT2D eigenvalue weighted by Crippen LogP contribution is 2.24. The summed E-state index contributed by atoms with van der Waals surface area (Å²) in [7, 11) is -5.84. The summed E-state index contributed by atoms with van der Waals surface area (Å²) < 4.78 is 57.5. The first-order valence-corrected chi connectivity index (χ1v) is 16.0. The first-order chi connectivity index (χ1) is 17.0. The van der Waals surface area contributed by atoms with Gasteiger partial charge in [-0.25, -0.2) is 0 Å². The normalized spacial score (nSPS) is 18.8. The van der Waals surface area contributed by atoms with Crippen LogP contribution in [0, 0.1) is 0 Å². The van der Waals surface area contributed by atoms with E-state index in [1.807, 2.05) is 0 Å². The monoisotopic (exact) mass is 544 g/mol. The number of alkyl halides is 3. The van der Waals surface area contributed by atoms with Gasteiger partial charge in [0.15, 0.2) is 0 Å². The van der Waals surface area contributed by atoms with Gasteiger partial charge in [0.1, 0.15) is 0 Å². The molecular formula is C27H55F3N2O3S. The summed E-state index contributed by atoms with van der Waals surface area (Å²) in [6, 6.07) is 1.10. The van der Waals surface area contributed by atoms with E-state index in [0.29, 0.717) is 12.1 Å². The number of nitrogens with zero attached hydrogens (tertiary/aromatic N) is 1. The van der Waals surface area contributed by atoms with Gasteiger partial charge in [-0.05, 0) is 38.8 Å². The third-order valence-corrected chi connectivity index (χ3v) is 7.73. The van der Waals surface area contributed by atoms with Crippen LogP contribution >= 0.6 is 0 Å². The molecule has 0 aromatic carbocycles. The molecule has 3 N–H and O–H groups in total. The van der Waals surface area contributed by atoms with E-state index in [-0.39, 0.29) is 0 Å². The van der Waals surface area contributed by atoms with E-state index in [4.69, 9.17) is 18.7 Å². The molecule has 36 heavy (non-hydrogen) atoms. The van der Waals surface area contributed by atoms with Gasteiger partial charge >= 0.3 is 15.6 Å². The fourth-order valence-electron chi connectivity index (χ4n) is 4.93. The molecule has 0 bridgehead atoms. The molecule has 0 radical (unpaired) electrons.